The van der Waals surface area contributed by atoms with E-state index in [4.69, 9.17) is 27.9 Å². The SMILES string of the molecule is CCc1n[nH]c(C)c1-c1ccc(NC(=O)[C@H](CCCC(Cl)Cl)NC(=O)c2ccnn2CCCOC)cn1. The van der Waals surface area contributed by atoms with Crippen molar-refractivity contribution in [2.45, 2.75) is 63.4 Å². The number of hydrogen-bond acceptors (Lipinski definition) is 6. The van der Waals surface area contributed by atoms with Gasteiger partial charge in [0, 0.05) is 37.7 Å². The zero-order valence-corrected chi connectivity index (χ0v) is 22.8. The van der Waals surface area contributed by atoms with Gasteiger partial charge in [0.25, 0.3) is 5.91 Å². The molecule has 0 aromatic carbocycles. The molecule has 3 rings (SSSR count). The number of nitrogens with one attached hydrogen (secondary N) is 3. The summed E-state index contributed by atoms with van der Waals surface area (Å²) in [6, 6.07) is 4.44. The second-order valence-corrected chi connectivity index (χ2v) is 9.86. The first-order valence-corrected chi connectivity index (χ1v) is 13.1. The number of carbonyl (C=O) groups is 2. The molecule has 0 radical (unpaired) electrons. The summed E-state index contributed by atoms with van der Waals surface area (Å²) in [5.41, 5.74) is 4.48. The lowest BCUT2D eigenvalue weighted by Gasteiger charge is -2.19. The molecule has 0 spiro atoms. The van der Waals surface area contributed by atoms with Gasteiger partial charge >= 0.3 is 0 Å². The molecule has 0 fully saturated rings. The molecule has 3 heterocycles. The molecule has 2 amide bonds. The van der Waals surface area contributed by atoms with Gasteiger partial charge in [0.15, 0.2) is 0 Å². The van der Waals surface area contributed by atoms with Crippen molar-refractivity contribution in [3.8, 4) is 11.3 Å². The van der Waals surface area contributed by atoms with Crippen molar-refractivity contribution in [2.24, 2.45) is 0 Å². The number of halogens is 2. The van der Waals surface area contributed by atoms with Gasteiger partial charge in [0.2, 0.25) is 5.91 Å². The number of ether oxygens (including phenoxy) is 1. The van der Waals surface area contributed by atoms with Crippen molar-refractivity contribution in [2.75, 3.05) is 19.0 Å². The maximum atomic E-state index is 13.2. The predicted octanol–water partition coefficient (Wildman–Crippen LogP) is 4.29. The smallest absolute Gasteiger partial charge is 0.270 e. The summed E-state index contributed by atoms with van der Waals surface area (Å²) >= 11 is 11.7. The quantitative estimate of drug-likeness (QED) is 0.203. The summed E-state index contributed by atoms with van der Waals surface area (Å²) < 4.78 is 6.68. The van der Waals surface area contributed by atoms with Gasteiger partial charge in [-0.1, -0.05) is 6.92 Å². The number of H-pyrrole nitrogens is 1. The van der Waals surface area contributed by atoms with Crippen molar-refractivity contribution in [3.05, 3.63) is 47.7 Å². The van der Waals surface area contributed by atoms with E-state index in [0.29, 0.717) is 50.2 Å². The molecule has 0 bridgehead atoms. The standard InChI is InChI=1S/C25H33Cl2N7O3/c1-4-18-23(16(2)32-33-18)19-10-9-17(15-28-19)30-24(35)20(7-5-8-22(26)27)31-25(36)21-11-12-29-34(21)13-6-14-37-3/h9-12,15,20,22H,4-8,13-14H2,1-3H3,(H,30,35)(H,31,36)(H,32,33)/t20-/m0/s1. The first-order chi connectivity index (χ1) is 17.8. The summed E-state index contributed by atoms with van der Waals surface area (Å²) in [6.07, 6.45) is 6.05. The van der Waals surface area contributed by atoms with Crippen LogP contribution >= 0.6 is 23.2 Å². The normalized spacial score (nSPS) is 12.1. The molecule has 3 aromatic rings. The maximum absolute atomic E-state index is 13.2. The van der Waals surface area contributed by atoms with Crippen molar-refractivity contribution in [1.82, 2.24) is 30.3 Å². The fourth-order valence-electron chi connectivity index (χ4n) is 3.96. The Bertz CT molecular complexity index is 1160. The second-order valence-electron chi connectivity index (χ2n) is 8.58. The van der Waals surface area contributed by atoms with Gasteiger partial charge in [-0.25, -0.2) is 0 Å². The van der Waals surface area contributed by atoms with Crippen LogP contribution in [-0.4, -0.2) is 61.4 Å². The highest BCUT2D eigenvalue weighted by Crippen LogP contribution is 2.25. The van der Waals surface area contributed by atoms with Gasteiger partial charge < -0.3 is 15.4 Å². The fraction of sp³-hybridized carbons (Fsp3) is 0.480. The highest BCUT2D eigenvalue weighted by Gasteiger charge is 2.24. The average molecular weight is 550 g/mol. The molecular formula is C25H33Cl2N7O3. The van der Waals surface area contributed by atoms with E-state index in [1.54, 1.807) is 36.3 Å². The number of aromatic amines is 1. The summed E-state index contributed by atoms with van der Waals surface area (Å²) in [7, 11) is 1.62. The molecule has 0 saturated carbocycles. The van der Waals surface area contributed by atoms with E-state index in [1.807, 2.05) is 19.9 Å². The summed E-state index contributed by atoms with van der Waals surface area (Å²) in [5, 5.41) is 17.2. The molecule has 3 aromatic heterocycles. The first-order valence-electron chi connectivity index (χ1n) is 12.2. The van der Waals surface area contributed by atoms with Crippen LogP contribution in [0.15, 0.2) is 30.6 Å². The van der Waals surface area contributed by atoms with Crippen LogP contribution in [0.25, 0.3) is 11.3 Å². The van der Waals surface area contributed by atoms with Crippen LogP contribution in [-0.2, 0) is 22.5 Å². The number of carbonyl (C=O) groups excluding carboxylic acids is 2. The molecule has 0 unspecified atom stereocenters. The number of aromatic nitrogens is 5. The molecule has 3 N–H and O–H groups in total. The number of nitrogens with zero attached hydrogens (tertiary/aromatic N) is 4. The summed E-state index contributed by atoms with van der Waals surface area (Å²) in [4.78, 5) is 30.2. The number of aryl methyl sites for hydroxylation is 3. The minimum Gasteiger partial charge on any atom is -0.385 e. The van der Waals surface area contributed by atoms with Crippen LogP contribution in [0.2, 0.25) is 0 Å². The van der Waals surface area contributed by atoms with Gasteiger partial charge in [-0.15, -0.1) is 23.2 Å². The number of pyridine rings is 1. The van der Waals surface area contributed by atoms with Crippen LogP contribution in [0.3, 0.4) is 0 Å². The van der Waals surface area contributed by atoms with E-state index in [1.165, 1.54) is 0 Å². The molecule has 1 atom stereocenters. The minimum atomic E-state index is -0.801. The zero-order chi connectivity index (χ0) is 26.8. The van der Waals surface area contributed by atoms with E-state index in [2.05, 4.69) is 30.9 Å². The van der Waals surface area contributed by atoms with Gasteiger partial charge in [0.1, 0.15) is 16.6 Å². The van der Waals surface area contributed by atoms with Gasteiger partial charge in [-0.2, -0.15) is 10.2 Å². The molecule has 0 aliphatic heterocycles. The third-order valence-electron chi connectivity index (χ3n) is 5.85. The van der Waals surface area contributed by atoms with E-state index >= 15 is 0 Å². The van der Waals surface area contributed by atoms with E-state index in [9.17, 15) is 9.59 Å². The first kappa shape index (κ1) is 28.6. The Kier molecular flexibility index (Phi) is 10.9. The van der Waals surface area contributed by atoms with Crippen LogP contribution in [0.5, 0.6) is 0 Å². The monoisotopic (exact) mass is 549 g/mol. The molecule has 0 aliphatic rings. The lowest BCUT2D eigenvalue weighted by Crippen LogP contribution is -2.44. The lowest BCUT2D eigenvalue weighted by atomic mass is 10.1. The molecule has 10 nitrogen and oxygen atoms in total. The highest BCUT2D eigenvalue weighted by atomic mass is 35.5. The molecule has 0 aliphatic carbocycles. The fourth-order valence-corrected chi connectivity index (χ4v) is 4.27. The van der Waals surface area contributed by atoms with Gasteiger partial charge in [-0.05, 0) is 57.2 Å². The minimum absolute atomic E-state index is 0.359. The summed E-state index contributed by atoms with van der Waals surface area (Å²) in [5.74, 6) is -0.748. The Labute approximate surface area is 226 Å². The van der Waals surface area contributed by atoms with Crippen molar-refractivity contribution < 1.29 is 14.3 Å². The topological polar surface area (TPSA) is 127 Å². The van der Waals surface area contributed by atoms with E-state index < -0.39 is 10.9 Å². The number of hydrogen-bond donors (Lipinski definition) is 3. The Morgan fingerprint density at radius 3 is 2.68 bits per heavy atom. The van der Waals surface area contributed by atoms with Crippen LogP contribution < -0.4 is 10.6 Å². The van der Waals surface area contributed by atoms with Crippen molar-refractivity contribution >= 4 is 40.7 Å². The Morgan fingerprint density at radius 2 is 2.00 bits per heavy atom. The van der Waals surface area contributed by atoms with Crippen molar-refractivity contribution in [3.63, 3.8) is 0 Å². The molecule has 200 valence electrons. The zero-order valence-electron chi connectivity index (χ0n) is 21.3. The predicted molar refractivity (Wildman–Crippen MR) is 144 cm³/mol. The van der Waals surface area contributed by atoms with E-state index in [-0.39, 0.29) is 11.8 Å². The Morgan fingerprint density at radius 1 is 1.19 bits per heavy atom. The third kappa shape index (κ3) is 8.02. The Hall–Kier alpha value is -2.95. The summed E-state index contributed by atoms with van der Waals surface area (Å²) in [6.45, 7) is 5.05. The van der Waals surface area contributed by atoms with E-state index in [0.717, 1.165) is 29.1 Å². The largest absolute Gasteiger partial charge is 0.385 e. The number of methoxy groups -OCH3 is 1. The second kappa shape index (κ2) is 14.1. The molecule has 12 heteroatoms. The number of amides is 2. The number of rotatable bonds is 14. The van der Waals surface area contributed by atoms with Gasteiger partial charge in [-0.3, -0.25) is 24.4 Å². The molecular weight excluding hydrogens is 517 g/mol. The molecule has 0 saturated heterocycles. The van der Waals surface area contributed by atoms with Crippen LogP contribution in [0.1, 0.15) is 54.5 Å². The average Bonchev–Trinajstić information content (AvgIpc) is 3.50. The number of anilines is 1. The highest BCUT2D eigenvalue weighted by molar-refractivity contribution is 6.44. The van der Waals surface area contributed by atoms with Gasteiger partial charge in [0.05, 0.1) is 23.3 Å². The number of alkyl halides is 2. The maximum Gasteiger partial charge on any atom is 0.270 e. The Balaban J connectivity index is 1.70. The van der Waals surface area contributed by atoms with Crippen molar-refractivity contribution in [1.29, 1.82) is 0 Å². The van der Waals surface area contributed by atoms with Crippen LogP contribution in [0, 0.1) is 6.92 Å². The molecule has 37 heavy (non-hydrogen) atoms. The van der Waals surface area contributed by atoms with Crippen LogP contribution in [0.4, 0.5) is 5.69 Å². The lowest BCUT2D eigenvalue weighted by molar-refractivity contribution is -0.118. The third-order valence-corrected chi connectivity index (χ3v) is 6.29.